The van der Waals surface area contributed by atoms with Gasteiger partial charge in [-0.1, -0.05) is 61.2 Å². The lowest BCUT2D eigenvalue weighted by atomic mass is 10.1. The van der Waals surface area contributed by atoms with Crippen molar-refractivity contribution in [3.05, 3.63) is 63.1 Å². The Morgan fingerprint density at radius 1 is 1.05 bits per heavy atom. The third-order valence-corrected chi connectivity index (χ3v) is 9.36. The summed E-state index contributed by atoms with van der Waals surface area (Å²) in [5, 5.41) is 3.96. The maximum Gasteiger partial charge on any atom is 0.243 e. The summed E-state index contributed by atoms with van der Waals surface area (Å²) in [6.45, 7) is 5.92. The smallest absolute Gasteiger partial charge is 0.243 e. The Hall–Kier alpha value is -2.29. The zero-order chi connectivity index (χ0) is 28.7. The summed E-state index contributed by atoms with van der Waals surface area (Å²) in [6.07, 6.45) is 5.97. The van der Waals surface area contributed by atoms with Crippen LogP contribution in [-0.4, -0.2) is 50.0 Å². The van der Waals surface area contributed by atoms with Crippen LogP contribution in [0.15, 0.2) is 36.4 Å². The van der Waals surface area contributed by atoms with Gasteiger partial charge in [0.25, 0.3) is 0 Å². The van der Waals surface area contributed by atoms with Crippen LogP contribution in [0.1, 0.15) is 68.6 Å². The van der Waals surface area contributed by atoms with E-state index in [-0.39, 0.29) is 43.8 Å². The Morgan fingerprint density at radius 2 is 1.67 bits per heavy atom. The SMILES string of the molecule is CC[C@H](C(=O)NC1CCCC1)N(Cc1c(Cl)cccc1Cl)C(=O)CCCN(c1cccc(C)c1C)S(C)(=O)=O. The maximum atomic E-state index is 13.7. The Bertz CT molecular complexity index is 1260. The highest BCUT2D eigenvalue weighted by Crippen LogP contribution is 2.29. The van der Waals surface area contributed by atoms with E-state index in [0.717, 1.165) is 36.8 Å². The molecule has 3 rings (SSSR count). The van der Waals surface area contributed by atoms with Crippen molar-refractivity contribution in [3.63, 3.8) is 0 Å². The monoisotopic (exact) mass is 595 g/mol. The van der Waals surface area contributed by atoms with Crippen molar-refractivity contribution in [2.24, 2.45) is 0 Å². The fourth-order valence-corrected chi connectivity index (χ4v) is 6.66. The molecule has 39 heavy (non-hydrogen) atoms. The highest BCUT2D eigenvalue weighted by atomic mass is 35.5. The first-order valence-corrected chi connectivity index (χ1v) is 16.1. The van der Waals surface area contributed by atoms with Crippen molar-refractivity contribution in [1.29, 1.82) is 0 Å². The molecule has 214 valence electrons. The van der Waals surface area contributed by atoms with Crippen LogP contribution >= 0.6 is 23.2 Å². The fourth-order valence-electron chi connectivity index (χ4n) is 5.13. The number of benzene rings is 2. The number of amides is 2. The van der Waals surface area contributed by atoms with E-state index >= 15 is 0 Å². The molecule has 2 amide bonds. The van der Waals surface area contributed by atoms with Gasteiger partial charge in [-0.2, -0.15) is 0 Å². The van der Waals surface area contributed by atoms with Crippen LogP contribution in [0.3, 0.4) is 0 Å². The van der Waals surface area contributed by atoms with Crippen LogP contribution in [-0.2, 0) is 26.2 Å². The van der Waals surface area contributed by atoms with Gasteiger partial charge in [-0.15, -0.1) is 0 Å². The number of rotatable bonds is 12. The lowest BCUT2D eigenvalue weighted by Crippen LogP contribution is -2.51. The molecule has 2 aromatic carbocycles. The predicted molar refractivity (Wildman–Crippen MR) is 159 cm³/mol. The van der Waals surface area contributed by atoms with Crippen molar-refractivity contribution in [2.45, 2.75) is 84.3 Å². The minimum Gasteiger partial charge on any atom is -0.352 e. The molecule has 7 nitrogen and oxygen atoms in total. The first kappa shape index (κ1) is 31.2. The van der Waals surface area contributed by atoms with Crippen LogP contribution in [0.25, 0.3) is 0 Å². The molecule has 0 unspecified atom stereocenters. The van der Waals surface area contributed by atoms with Crippen molar-refractivity contribution >= 4 is 50.7 Å². The zero-order valence-corrected chi connectivity index (χ0v) is 25.5. The van der Waals surface area contributed by atoms with E-state index in [0.29, 0.717) is 27.7 Å². The number of anilines is 1. The molecular formula is C29H39Cl2N3O4S. The first-order chi connectivity index (χ1) is 18.4. The van der Waals surface area contributed by atoms with Crippen LogP contribution in [0.4, 0.5) is 5.69 Å². The van der Waals surface area contributed by atoms with E-state index < -0.39 is 16.1 Å². The Morgan fingerprint density at radius 3 is 2.26 bits per heavy atom. The number of carbonyl (C=O) groups is 2. The topological polar surface area (TPSA) is 86.8 Å². The predicted octanol–water partition coefficient (Wildman–Crippen LogP) is 6.02. The molecule has 1 aliphatic rings. The average molecular weight is 597 g/mol. The summed E-state index contributed by atoms with van der Waals surface area (Å²) in [7, 11) is -3.57. The van der Waals surface area contributed by atoms with Gasteiger partial charge < -0.3 is 10.2 Å². The van der Waals surface area contributed by atoms with Crippen molar-refractivity contribution in [3.8, 4) is 0 Å². The number of hydrogen-bond donors (Lipinski definition) is 1. The van der Waals surface area contributed by atoms with Crippen LogP contribution in [0.5, 0.6) is 0 Å². The lowest BCUT2D eigenvalue weighted by molar-refractivity contribution is -0.141. The molecule has 1 N–H and O–H groups in total. The van der Waals surface area contributed by atoms with Gasteiger partial charge >= 0.3 is 0 Å². The first-order valence-electron chi connectivity index (χ1n) is 13.5. The fraction of sp³-hybridized carbons (Fsp3) is 0.517. The molecule has 10 heteroatoms. The van der Waals surface area contributed by atoms with Gasteiger partial charge in [0.2, 0.25) is 21.8 Å². The third kappa shape index (κ3) is 8.12. The van der Waals surface area contributed by atoms with Crippen LogP contribution in [0.2, 0.25) is 10.0 Å². The van der Waals surface area contributed by atoms with Gasteiger partial charge in [0.1, 0.15) is 6.04 Å². The van der Waals surface area contributed by atoms with Gasteiger partial charge in [0, 0.05) is 41.2 Å². The molecule has 1 atom stereocenters. The number of halogens is 2. The maximum absolute atomic E-state index is 13.7. The number of nitrogens with zero attached hydrogens (tertiary/aromatic N) is 2. The quantitative estimate of drug-likeness (QED) is 0.325. The second kappa shape index (κ2) is 13.9. The van der Waals surface area contributed by atoms with E-state index in [1.165, 1.54) is 10.6 Å². The summed E-state index contributed by atoms with van der Waals surface area (Å²) in [5.74, 6) is -0.442. The highest BCUT2D eigenvalue weighted by Gasteiger charge is 2.31. The van der Waals surface area contributed by atoms with Crippen molar-refractivity contribution in [1.82, 2.24) is 10.2 Å². The molecule has 0 aromatic heterocycles. The molecular weight excluding hydrogens is 557 g/mol. The molecule has 0 heterocycles. The van der Waals surface area contributed by atoms with E-state index in [1.54, 1.807) is 29.2 Å². The van der Waals surface area contributed by atoms with Gasteiger partial charge in [-0.3, -0.25) is 13.9 Å². The molecule has 0 spiro atoms. The number of aryl methyl sites for hydroxylation is 1. The van der Waals surface area contributed by atoms with Gasteiger partial charge in [-0.25, -0.2) is 8.42 Å². The number of nitrogens with one attached hydrogen (secondary N) is 1. The minimum absolute atomic E-state index is 0.0617. The molecule has 1 saturated carbocycles. The molecule has 0 radical (unpaired) electrons. The minimum atomic E-state index is -3.57. The summed E-state index contributed by atoms with van der Waals surface area (Å²) >= 11 is 12.9. The number of carbonyl (C=O) groups excluding carboxylic acids is 2. The van der Waals surface area contributed by atoms with E-state index in [9.17, 15) is 18.0 Å². The summed E-state index contributed by atoms with van der Waals surface area (Å²) in [5.41, 5.74) is 3.04. The second-order valence-electron chi connectivity index (χ2n) is 10.3. The molecule has 1 aliphatic carbocycles. The molecule has 2 aromatic rings. The van der Waals surface area contributed by atoms with E-state index in [4.69, 9.17) is 23.2 Å². The van der Waals surface area contributed by atoms with Crippen LogP contribution < -0.4 is 9.62 Å². The standard InChI is InChI=1S/C29H39Cl2N3O4S/c1-5-26(29(36)32-22-12-6-7-13-22)33(19-23-24(30)14-9-15-25(23)31)28(35)17-10-18-34(39(4,37)38)27-16-8-11-20(2)21(27)3/h8-9,11,14-16,22,26H,5-7,10,12-13,17-19H2,1-4H3,(H,32,36)/t26-/m1/s1. The largest absolute Gasteiger partial charge is 0.352 e. The summed E-state index contributed by atoms with van der Waals surface area (Å²) < 4.78 is 26.7. The Kier molecular flexibility index (Phi) is 11.1. The highest BCUT2D eigenvalue weighted by molar-refractivity contribution is 7.92. The number of hydrogen-bond acceptors (Lipinski definition) is 4. The zero-order valence-electron chi connectivity index (χ0n) is 23.2. The van der Waals surface area contributed by atoms with Crippen LogP contribution in [0, 0.1) is 13.8 Å². The normalized spacial score (nSPS) is 14.7. The molecule has 0 aliphatic heterocycles. The number of sulfonamides is 1. The van der Waals surface area contributed by atoms with E-state index in [2.05, 4.69) is 5.32 Å². The molecule has 0 saturated heterocycles. The Labute approximate surface area is 242 Å². The van der Waals surface area contributed by atoms with Crippen molar-refractivity contribution in [2.75, 3.05) is 17.1 Å². The lowest BCUT2D eigenvalue weighted by Gasteiger charge is -2.32. The molecule has 1 fully saturated rings. The summed E-state index contributed by atoms with van der Waals surface area (Å²) in [6, 6.07) is 10.1. The second-order valence-corrected chi connectivity index (χ2v) is 13.0. The van der Waals surface area contributed by atoms with Gasteiger partial charge in [-0.05, 0) is 68.9 Å². The average Bonchev–Trinajstić information content (AvgIpc) is 3.37. The van der Waals surface area contributed by atoms with E-state index in [1.807, 2.05) is 32.9 Å². The molecule has 0 bridgehead atoms. The summed E-state index contributed by atoms with van der Waals surface area (Å²) in [4.78, 5) is 28.6. The van der Waals surface area contributed by atoms with Gasteiger partial charge in [0.05, 0.1) is 11.9 Å². The van der Waals surface area contributed by atoms with Gasteiger partial charge in [0.15, 0.2) is 0 Å². The van der Waals surface area contributed by atoms with Crippen molar-refractivity contribution < 1.29 is 18.0 Å². The third-order valence-electron chi connectivity index (χ3n) is 7.47. The Balaban J connectivity index is 1.82.